The maximum Gasteiger partial charge on any atom is 0.0924 e. The van der Waals surface area contributed by atoms with Crippen molar-refractivity contribution in [2.24, 2.45) is 0 Å². The Morgan fingerprint density at radius 2 is 0.808 bits per heavy atom. The van der Waals surface area contributed by atoms with Gasteiger partial charge in [-0.1, -0.05) is 84.5 Å². The molecule has 0 spiro atoms. The summed E-state index contributed by atoms with van der Waals surface area (Å²) in [7, 11) is 0. The van der Waals surface area contributed by atoms with Crippen molar-refractivity contribution >= 4 is 23.2 Å². The van der Waals surface area contributed by atoms with E-state index >= 15 is 0 Å². The van der Waals surface area contributed by atoms with E-state index in [-0.39, 0.29) is 17.0 Å². The van der Waals surface area contributed by atoms with Gasteiger partial charge in [0.2, 0.25) is 0 Å². The molecule has 26 heavy (non-hydrogen) atoms. The van der Waals surface area contributed by atoms with Gasteiger partial charge in [0, 0.05) is 0 Å². The molecule has 0 rings (SSSR count). The Morgan fingerprint density at radius 3 is 1.19 bits per heavy atom. The second-order valence-electron chi connectivity index (χ2n) is 7.86. The number of nitrogens with zero attached hydrogens (tertiary/aromatic N) is 1. The summed E-state index contributed by atoms with van der Waals surface area (Å²) in [5.41, 5.74) is 0. The predicted octanol–water partition coefficient (Wildman–Crippen LogP) is 4.79. The van der Waals surface area contributed by atoms with E-state index in [4.69, 9.17) is 23.2 Å². The van der Waals surface area contributed by atoms with Crippen LogP contribution in [-0.2, 0) is 0 Å². The van der Waals surface area contributed by atoms with Crippen LogP contribution in [0.25, 0.3) is 0 Å². The lowest BCUT2D eigenvalue weighted by Crippen LogP contribution is -3.00. The fourth-order valence-electron chi connectivity index (χ4n) is 3.81. The number of rotatable bonds is 20. The van der Waals surface area contributed by atoms with Crippen LogP contribution >= 0.6 is 23.2 Å². The number of hydrogen-bond acceptors (Lipinski definition) is 0. The van der Waals surface area contributed by atoms with Gasteiger partial charge in [-0.25, -0.2) is 0 Å². The standard InChI is InChI=1S/C22H46Cl2N.BrH/c1-3-5-7-8-9-10-11-12-13-14-15-16-20-25(21-17-23,22-18-24)19-6-4-2;/h3-22H2,1-2H3;1H/q+1;/p-1. The van der Waals surface area contributed by atoms with Gasteiger partial charge >= 0.3 is 0 Å². The third-order valence-corrected chi connectivity index (χ3v) is 5.93. The van der Waals surface area contributed by atoms with E-state index in [1.165, 1.54) is 103 Å². The van der Waals surface area contributed by atoms with Crippen LogP contribution < -0.4 is 17.0 Å². The first kappa shape index (κ1) is 29.2. The molecule has 0 amide bonds. The molecule has 0 fully saturated rings. The van der Waals surface area contributed by atoms with Crippen LogP contribution in [0.3, 0.4) is 0 Å². The number of hydrogen-bond donors (Lipinski definition) is 0. The van der Waals surface area contributed by atoms with Crippen LogP contribution in [0.1, 0.15) is 104 Å². The quantitative estimate of drug-likeness (QED) is 0.135. The van der Waals surface area contributed by atoms with Crippen molar-refractivity contribution in [1.82, 2.24) is 0 Å². The minimum atomic E-state index is 0. The topological polar surface area (TPSA) is 0 Å². The van der Waals surface area contributed by atoms with Crippen molar-refractivity contribution in [1.29, 1.82) is 0 Å². The highest BCUT2D eigenvalue weighted by molar-refractivity contribution is 6.18. The lowest BCUT2D eigenvalue weighted by atomic mass is 10.0. The molecule has 0 atom stereocenters. The second kappa shape index (κ2) is 22.3. The van der Waals surface area contributed by atoms with Crippen molar-refractivity contribution < 1.29 is 21.5 Å². The van der Waals surface area contributed by atoms with Crippen LogP contribution in [0.4, 0.5) is 0 Å². The average Bonchev–Trinajstić information content (AvgIpc) is 2.61. The third-order valence-electron chi connectivity index (χ3n) is 5.59. The van der Waals surface area contributed by atoms with Gasteiger partial charge in [0.05, 0.1) is 37.9 Å². The normalized spacial score (nSPS) is 11.5. The average molecular weight is 475 g/mol. The first-order valence-electron chi connectivity index (χ1n) is 11.2. The summed E-state index contributed by atoms with van der Waals surface area (Å²) in [6, 6.07) is 0. The third kappa shape index (κ3) is 17.1. The van der Waals surface area contributed by atoms with E-state index in [2.05, 4.69) is 13.8 Å². The molecule has 0 aliphatic heterocycles. The summed E-state index contributed by atoms with van der Waals surface area (Å²) in [6.45, 7) is 9.28. The molecule has 0 bridgehead atoms. The molecule has 0 aromatic heterocycles. The van der Waals surface area contributed by atoms with E-state index in [1.54, 1.807) is 0 Å². The lowest BCUT2D eigenvalue weighted by Gasteiger charge is -2.38. The maximum atomic E-state index is 6.09. The van der Waals surface area contributed by atoms with Gasteiger partial charge in [-0.05, 0) is 19.3 Å². The molecule has 0 aliphatic carbocycles. The van der Waals surface area contributed by atoms with Gasteiger partial charge in [0.1, 0.15) is 0 Å². The molecule has 0 saturated heterocycles. The Hall–Kier alpha value is 1.02. The predicted molar refractivity (Wildman–Crippen MR) is 117 cm³/mol. The molecular formula is C22H46BrCl2N. The van der Waals surface area contributed by atoms with Gasteiger partial charge < -0.3 is 21.5 Å². The van der Waals surface area contributed by atoms with Crippen LogP contribution in [0.5, 0.6) is 0 Å². The Labute approximate surface area is 185 Å². The molecule has 0 radical (unpaired) electrons. The fraction of sp³-hybridized carbons (Fsp3) is 1.00. The summed E-state index contributed by atoms with van der Waals surface area (Å²) in [4.78, 5) is 0. The Morgan fingerprint density at radius 1 is 0.462 bits per heavy atom. The van der Waals surface area contributed by atoms with Crippen molar-refractivity contribution in [3.63, 3.8) is 0 Å². The van der Waals surface area contributed by atoms with Crippen molar-refractivity contribution in [3.05, 3.63) is 0 Å². The number of quaternary nitrogens is 1. The molecular weight excluding hydrogens is 429 g/mol. The van der Waals surface area contributed by atoms with E-state index in [0.29, 0.717) is 0 Å². The summed E-state index contributed by atoms with van der Waals surface area (Å²) in [5, 5.41) is 0. The van der Waals surface area contributed by atoms with Crippen molar-refractivity contribution in [2.75, 3.05) is 37.9 Å². The highest BCUT2D eigenvalue weighted by atomic mass is 79.9. The molecule has 0 N–H and O–H groups in total. The largest absolute Gasteiger partial charge is 1.00 e. The molecule has 160 valence electrons. The molecule has 0 unspecified atom stereocenters. The monoisotopic (exact) mass is 473 g/mol. The van der Waals surface area contributed by atoms with Gasteiger partial charge in [-0.3, -0.25) is 0 Å². The SMILES string of the molecule is CCCCCCCCCCCCCC[N+](CCCl)(CCCl)CCCC.[Br-]. The zero-order valence-corrected chi connectivity index (χ0v) is 20.8. The number of unbranched alkanes of at least 4 members (excludes halogenated alkanes) is 12. The van der Waals surface area contributed by atoms with E-state index in [1.807, 2.05) is 0 Å². The minimum absolute atomic E-state index is 0. The zero-order chi connectivity index (χ0) is 18.6. The Bertz CT molecular complexity index is 259. The van der Waals surface area contributed by atoms with Crippen LogP contribution in [-0.4, -0.2) is 42.4 Å². The van der Waals surface area contributed by atoms with Crippen LogP contribution in [0.2, 0.25) is 0 Å². The first-order chi connectivity index (χ1) is 12.2. The Balaban J connectivity index is 0. The summed E-state index contributed by atoms with van der Waals surface area (Å²) in [5.74, 6) is 1.53. The number of halogens is 3. The number of alkyl halides is 2. The van der Waals surface area contributed by atoms with Gasteiger partial charge in [0.15, 0.2) is 0 Å². The molecule has 0 heterocycles. The Kier molecular flexibility index (Phi) is 25.1. The first-order valence-corrected chi connectivity index (χ1v) is 12.3. The summed E-state index contributed by atoms with van der Waals surface area (Å²) in [6.07, 6.45) is 19.6. The summed E-state index contributed by atoms with van der Waals surface area (Å²) >= 11 is 12.2. The van der Waals surface area contributed by atoms with Crippen LogP contribution in [0.15, 0.2) is 0 Å². The molecule has 0 aliphatic rings. The highest BCUT2D eigenvalue weighted by Gasteiger charge is 2.24. The summed E-state index contributed by atoms with van der Waals surface area (Å²) < 4.78 is 1.15. The van der Waals surface area contributed by atoms with Gasteiger partial charge in [-0.2, -0.15) is 0 Å². The van der Waals surface area contributed by atoms with Gasteiger partial charge in [-0.15, -0.1) is 23.2 Å². The van der Waals surface area contributed by atoms with Crippen molar-refractivity contribution in [2.45, 2.75) is 104 Å². The molecule has 1 nitrogen and oxygen atoms in total. The van der Waals surface area contributed by atoms with E-state index in [0.717, 1.165) is 29.3 Å². The second-order valence-corrected chi connectivity index (χ2v) is 8.61. The molecule has 4 heteroatoms. The maximum absolute atomic E-state index is 6.09. The van der Waals surface area contributed by atoms with E-state index < -0.39 is 0 Å². The molecule has 0 saturated carbocycles. The fourth-order valence-corrected chi connectivity index (χ4v) is 4.53. The smallest absolute Gasteiger partial charge is 0.0924 e. The van der Waals surface area contributed by atoms with Gasteiger partial charge in [0.25, 0.3) is 0 Å². The molecule has 0 aromatic rings. The highest BCUT2D eigenvalue weighted by Crippen LogP contribution is 2.16. The lowest BCUT2D eigenvalue weighted by molar-refractivity contribution is -0.924. The van der Waals surface area contributed by atoms with Crippen molar-refractivity contribution in [3.8, 4) is 0 Å². The molecule has 0 aromatic carbocycles. The van der Waals surface area contributed by atoms with Crippen LogP contribution in [0, 0.1) is 0 Å². The minimum Gasteiger partial charge on any atom is -1.00 e. The zero-order valence-electron chi connectivity index (χ0n) is 17.7. The van der Waals surface area contributed by atoms with E-state index in [9.17, 15) is 0 Å².